The summed E-state index contributed by atoms with van der Waals surface area (Å²) in [6, 6.07) is 17.0. The Labute approximate surface area is 120 Å². The normalized spacial score (nSPS) is 12.6. The highest BCUT2D eigenvalue weighted by molar-refractivity contribution is 5.17. The molecule has 0 fully saturated rings. The lowest BCUT2D eigenvalue weighted by molar-refractivity contribution is 0.302. The Morgan fingerprint density at radius 2 is 1.75 bits per heavy atom. The van der Waals surface area contributed by atoms with Crippen molar-refractivity contribution in [2.24, 2.45) is 5.73 Å². The predicted molar refractivity (Wildman–Crippen MR) is 80.9 cm³/mol. The molecule has 2 nitrogen and oxygen atoms in total. The highest BCUT2D eigenvalue weighted by Gasteiger charge is 2.08. The summed E-state index contributed by atoms with van der Waals surface area (Å²) in [5.41, 5.74) is 8.40. The Hall–Kier alpha value is -1.71. The largest absolute Gasteiger partial charge is 0.326 e. The minimum Gasteiger partial charge on any atom is -0.326 e. The summed E-state index contributed by atoms with van der Waals surface area (Å²) >= 11 is 0. The average Bonchev–Trinajstić information content (AvgIpc) is 2.39. The zero-order valence-electron chi connectivity index (χ0n) is 11.8. The second kappa shape index (κ2) is 7.17. The third-order valence-electron chi connectivity index (χ3n) is 3.23. The van der Waals surface area contributed by atoms with E-state index < -0.39 is 0 Å². The van der Waals surface area contributed by atoms with Gasteiger partial charge in [0, 0.05) is 19.1 Å². The van der Waals surface area contributed by atoms with Crippen molar-refractivity contribution >= 4 is 0 Å². The molecule has 0 saturated carbocycles. The lowest BCUT2D eigenvalue weighted by Gasteiger charge is -2.21. The van der Waals surface area contributed by atoms with Crippen LogP contribution >= 0.6 is 0 Å². The molecule has 1 unspecified atom stereocenters. The Morgan fingerprint density at radius 3 is 2.45 bits per heavy atom. The van der Waals surface area contributed by atoms with Gasteiger partial charge in [0.2, 0.25) is 0 Å². The first-order chi connectivity index (χ1) is 9.63. The fraction of sp³-hybridized carbons (Fsp3) is 0.294. The summed E-state index contributed by atoms with van der Waals surface area (Å²) in [5, 5.41) is 0. The summed E-state index contributed by atoms with van der Waals surface area (Å²) in [6.07, 6.45) is 0.855. The van der Waals surface area contributed by atoms with E-state index in [0.29, 0.717) is 6.54 Å². The number of halogens is 1. The monoisotopic (exact) mass is 272 g/mol. The molecule has 106 valence electrons. The van der Waals surface area contributed by atoms with Crippen molar-refractivity contribution in [3.63, 3.8) is 0 Å². The minimum absolute atomic E-state index is 0.0796. The molecular formula is C17H21FN2. The number of nitrogens with zero attached hydrogens (tertiary/aromatic N) is 1. The van der Waals surface area contributed by atoms with Gasteiger partial charge >= 0.3 is 0 Å². The average molecular weight is 272 g/mol. The Bertz CT molecular complexity index is 528. The standard InChI is InChI=1S/C17H21FN2/c1-20(12-15-8-5-9-16(18)10-15)13-17(19)11-14-6-3-2-4-7-14/h2-10,17H,11-13,19H2,1H3. The van der Waals surface area contributed by atoms with Crippen LogP contribution in [0, 0.1) is 5.82 Å². The summed E-state index contributed by atoms with van der Waals surface area (Å²) in [6.45, 7) is 1.49. The van der Waals surface area contributed by atoms with E-state index in [0.717, 1.165) is 18.5 Å². The molecule has 0 aliphatic heterocycles. The molecule has 0 amide bonds. The molecule has 0 saturated heterocycles. The van der Waals surface area contributed by atoms with Crippen LogP contribution in [0.3, 0.4) is 0 Å². The van der Waals surface area contributed by atoms with Crippen LogP contribution in [0.2, 0.25) is 0 Å². The van der Waals surface area contributed by atoms with Crippen LogP contribution in [0.5, 0.6) is 0 Å². The van der Waals surface area contributed by atoms with Gasteiger partial charge in [0.05, 0.1) is 0 Å². The minimum atomic E-state index is -0.190. The molecule has 2 aromatic rings. The molecule has 0 radical (unpaired) electrons. The van der Waals surface area contributed by atoms with E-state index >= 15 is 0 Å². The molecule has 2 aromatic carbocycles. The van der Waals surface area contributed by atoms with Crippen molar-refractivity contribution in [1.82, 2.24) is 4.90 Å². The molecule has 1 atom stereocenters. The van der Waals surface area contributed by atoms with Crippen LogP contribution in [0.15, 0.2) is 54.6 Å². The second-order valence-corrected chi connectivity index (χ2v) is 5.28. The smallest absolute Gasteiger partial charge is 0.123 e. The Morgan fingerprint density at radius 1 is 1.05 bits per heavy atom. The maximum atomic E-state index is 13.1. The topological polar surface area (TPSA) is 29.3 Å². The number of benzene rings is 2. The molecule has 0 aliphatic rings. The molecular weight excluding hydrogens is 251 g/mol. The number of likely N-dealkylation sites (N-methyl/N-ethyl adjacent to an activating group) is 1. The van der Waals surface area contributed by atoms with Crippen LogP contribution < -0.4 is 5.73 Å². The first-order valence-corrected chi connectivity index (χ1v) is 6.86. The van der Waals surface area contributed by atoms with Crippen molar-refractivity contribution in [3.8, 4) is 0 Å². The summed E-state index contributed by atoms with van der Waals surface area (Å²) < 4.78 is 13.1. The van der Waals surface area contributed by atoms with E-state index in [9.17, 15) is 4.39 Å². The lowest BCUT2D eigenvalue weighted by atomic mass is 10.1. The molecule has 0 heterocycles. The predicted octanol–water partition coefficient (Wildman–Crippen LogP) is 2.83. The molecule has 2 N–H and O–H groups in total. The van der Waals surface area contributed by atoms with Crippen molar-refractivity contribution < 1.29 is 4.39 Å². The van der Waals surface area contributed by atoms with Crippen LogP contribution in [0.4, 0.5) is 4.39 Å². The van der Waals surface area contributed by atoms with E-state index in [-0.39, 0.29) is 11.9 Å². The number of nitrogens with two attached hydrogens (primary N) is 1. The fourth-order valence-electron chi connectivity index (χ4n) is 2.39. The number of hydrogen-bond donors (Lipinski definition) is 1. The maximum Gasteiger partial charge on any atom is 0.123 e. The van der Waals surface area contributed by atoms with Gasteiger partial charge in [0.15, 0.2) is 0 Å². The maximum absolute atomic E-state index is 13.1. The van der Waals surface area contributed by atoms with E-state index in [1.165, 1.54) is 11.6 Å². The van der Waals surface area contributed by atoms with Gasteiger partial charge in [-0.1, -0.05) is 42.5 Å². The summed E-state index contributed by atoms with van der Waals surface area (Å²) in [7, 11) is 2.01. The van der Waals surface area contributed by atoms with Gasteiger partial charge in [0.1, 0.15) is 5.82 Å². The van der Waals surface area contributed by atoms with Gasteiger partial charge < -0.3 is 10.6 Å². The summed E-state index contributed by atoms with van der Waals surface area (Å²) in [5.74, 6) is -0.190. The molecule has 0 spiro atoms. The SMILES string of the molecule is CN(Cc1cccc(F)c1)CC(N)Cc1ccccc1. The molecule has 0 aromatic heterocycles. The first kappa shape index (κ1) is 14.7. The Balaban J connectivity index is 1.83. The fourth-order valence-corrected chi connectivity index (χ4v) is 2.39. The Kier molecular flexibility index (Phi) is 5.27. The van der Waals surface area contributed by atoms with Gasteiger partial charge in [-0.2, -0.15) is 0 Å². The van der Waals surface area contributed by atoms with E-state index in [1.54, 1.807) is 12.1 Å². The number of rotatable bonds is 6. The zero-order valence-corrected chi connectivity index (χ0v) is 11.8. The molecule has 2 rings (SSSR count). The van der Waals surface area contributed by atoms with Crippen LogP contribution in [-0.4, -0.2) is 24.5 Å². The van der Waals surface area contributed by atoms with Gasteiger partial charge in [-0.3, -0.25) is 0 Å². The number of hydrogen-bond acceptors (Lipinski definition) is 2. The van der Waals surface area contributed by atoms with Crippen LogP contribution in [0.25, 0.3) is 0 Å². The molecule has 0 aliphatic carbocycles. The molecule has 3 heteroatoms. The zero-order chi connectivity index (χ0) is 14.4. The van der Waals surface area contributed by atoms with E-state index in [1.807, 2.05) is 31.3 Å². The summed E-state index contributed by atoms with van der Waals surface area (Å²) in [4.78, 5) is 2.13. The van der Waals surface area contributed by atoms with Crippen molar-refractivity contribution in [2.75, 3.05) is 13.6 Å². The van der Waals surface area contributed by atoms with Crippen molar-refractivity contribution in [2.45, 2.75) is 19.0 Å². The third kappa shape index (κ3) is 4.76. The molecule has 20 heavy (non-hydrogen) atoms. The highest BCUT2D eigenvalue weighted by Crippen LogP contribution is 2.08. The first-order valence-electron chi connectivity index (χ1n) is 6.86. The van der Waals surface area contributed by atoms with E-state index in [2.05, 4.69) is 17.0 Å². The van der Waals surface area contributed by atoms with Gasteiger partial charge in [-0.05, 0) is 36.7 Å². The van der Waals surface area contributed by atoms with Gasteiger partial charge in [-0.25, -0.2) is 4.39 Å². The van der Waals surface area contributed by atoms with Crippen molar-refractivity contribution in [3.05, 3.63) is 71.5 Å². The molecule has 0 bridgehead atoms. The van der Waals surface area contributed by atoms with Crippen molar-refractivity contribution in [1.29, 1.82) is 0 Å². The highest BCUT2D eigenvalue weighted by atomic mass is 19.1. The second-order valence-electron chi connectivity index (χ2n) is 5.28. The van der Waals surface area contributed by atoms with Crippen LogP contribution in [-0.2, 0) is 13.0 Å². The van der Waals surface area contributed by atoms with E-state index in [4.69, 9.17) is 5.73 Å². The quantitative estimate of drug-likeness (QED) is 0.876. The third-order valence-corrected chi connectivity index (χ3v) is 3.23. The lowest BCUT2D eigenvalue weighted by Crippen LogP contribution is -2.36. The van der Waals surface area contributed by atoms with Gasteiger partial charge in [-0.15, -0.1) is 0 Å². The van der Waals surface area contributed by atoms with Crippen LogP contribution in [0.1, 0.15) is 11.1 Å². The van der Waals surface area contributed by atoms with Gasteiger partial charge in [0.25, 0.3) is 0 Å².